The SMILES string of the molecule is COc1cccc(Nc2nn(-c3ccccc3)c3c2C(=O)CC(C)C3)c1. The van der Waals surface area contributed by atoms with E-state index in [4.69, 9.17) is 9.84 Å². The van der Waals surface area contributed by atoms with Gasteiger partial charge in [0.2, 0.25) is 0 Å². The van der Waals surface area contributed by atoms with Crippen LogP contribution in [-0.2, 0) is 6.42 Å². The zero-order chi connectivity index (χ0) is 18.1. The molecule has 5 heteroatoms. The minimum absolute atomic E-state index is 0.145. The lowest BCUT2D eigenvalue weighted by atomic mass is 9.87. The van der Waals surface area contributed by atoms with Crippen molar-refractivity contribution in [2.75, 3.05) is 12.4 Å². The Morgan fingerprint density at radius 2 is 1.92 bits per heavy atom. The van der Waals surface area contributed by atoms with Crippen LogP contribution in [0.5, 0.6) is 5.75 Å². The van der Waals surface area contributed by atoms with Crippen molar-refractivity contribution in [1.29, 1.82) is 0 Å². The number of ether oxygens (including phenoxy) is 1. The standard InChI is InChI=1S/C21H21N3O2/c1-14-11-18-20(19(25)12-14)21(22-15-7-6-10-17(13-15)26-2)23-24(18)16-8-4-3-5-9-16/h3-10,13-14H,11-12H2,1-2H3,(H,22,23). The highest BCUT2D eigenvalue weighted by Crippen LogP contribution is 2.34. The average molecular weight is 347 g/mol. The highest BCUT2D eigenvalue weighted by Gasteiger charge is 2.31. The number of aromatic nitrogens is 2. The minimum atomic E-state index is 0.145. The summed E-state index contributed by atoms with van der Waals surface area (Å²) in [5.41, 5.74) is 3.49. The van der Waals surface area contributed by atoms with E-state index in [1.54, 1.807) is 7.11 Å². The first kappa shape index (κ1) is 16.4. The van der Waals surface area contributed by atoms with Gasteiger partial charge in [0, 0.05) is 18.2 Å². The van der Waals surface area contributed by atoms with Gasteiger partial charge in [-0.15, -0.1) is 5.10 Å². The third-order valence-electron chi connectivity index (χ3n) is 4.67. The molecule has 1 N–H and O–H groups in total. The molecule has 5 nitrogen and oxygen atoms in total. The van der Waals surface area contributed by atoms with Crippen molar-refractivity contribution in [2.45, 2.75) is 19.8 Å². The first-order valence-corrected chi connectivity index (χ1v) is 8.77. The molecule has 0 fully saturated rings. The summed E-state index contributed by atoms with van der Waals surface area (Å²) in [5.74, 6) is 1.82. The predicted octanol–water partition coefficient (Wildman–Crippen LogP) is 4.39. The van der Waals surface area contributed by atoms with Crippen LogP contribution in [0.15, 0.2) is 54.6 Å². The van der Waals surface area contributed by atoms with Crippen LogP contribution in [0.25, 0.3) is 5.69 Å². The molecule has 0 bridgehead atoms. The first-order valence-electron chi connectivity index (χ1n) is 8.77. The minimum Gasteiger partial charge on any atom is -0.497 e. The van der Waals surface area contributed by atoms with E-state index in [-0.39, 0.29) is 5.78 Å². The van der Waals surface area contributed by atoms with Crippen LogP contribution < -0.4 is 10.1 Å². The molecule has 0 aliphatic heterocycles. The molecule has 1 aliphatic rings. The Bertz CT molecular complexity index is 947. The number of carbonyl (C=O) groups excluding carboxylic acids is 1. The Kier molecular flexibility index (Phi) is 4.21. The van der Waals surface area contributed by atoms with Gasteiger partial charge in [-0.3, -0.25) is 4.79 Å². The summed E-state index contributed by atoms with van der Waals surface area (Å²) in [7, 11) is 1.63. The van der Waals surface area contributed by atoms with Gasteiger partial charge < -0.3 is 10.1 Å². The molecule has 1 aliphatic carbocycles. The third-order valence-corrected chi connectivity index (χ3v) is 4.67. The molecule has 2 aromatic carbocycles. The molecule has 1 unspecified atom stereocenters. The fraction of sp³-hybridized carbons (Fsp3) is 0.238. The maximum absolute atomic E-state index is 12.8. The molecular weight excluding hydrogens is 326 g/mol. The van der Waals surface area contributed by atoms with E-state index in [0.29, 0.717) is 23.7 Å². The van der Waals surface area contributed by atoms with Crippen LogP contribution in [0.1, 0.15) is 29.4 Å². The number of benzene rings is 2. The molecule has 132 valence electrons. The van der Waals surface area contributed by atoms with E-state index in [2.05, 4.69) is 12.2 Å². The number of hydrogen-bond donors (Lipinski definition) is 1. The van der Waals surface area contributed by atoms with Gasteiger partial charge in [-0.05, 0) is 36.6 Å². The van der Waals surface area contributed by atoms with Gasteiger partial charge in [-0.25, -0.2) is 4.68 Å². The monoisotopic (exact) mass is 347 g/mol. The summed E-state index contributed by atoms with van der Waals surface area (Å²) < 4.78 is 7.18. The number of carbonyl (C=O) groups is 1. The zero-order valence-electron chi connectivity index (χ0n) is 14.9. The quantitative estimate of drug-likeness (QED) is 0.760. The molecule has 1 atom stereocenters. The van der Waals surface area contributed by atoms with Gasteiger partial charge in [-0.1, -0.05) is 31.2 Å². The number of para-hydroxylation sites is 1. The Labute approximate surface area is 152 Å². The summed E-state index contributed by atoms with van der Waals surface area (Å²) in [6.45, 7) is 2.11. The molecule has 26 heavy (non-hydrogen) atoms. The molecule has 0 saturated heterocycles. The second-order valence-electron chi connectivity index (χ2n) is 6.71. The normalized spacial score (nSPS) is 16.2. The lowest BCUT2D eigenvalue weighted by Gasteiger charge is -2.19. The van der Waals surface area contributed by atoms with E-state index in [1.807, 2.05) is 59.3 Å². The van der Waals surface area contributed by atoms with Crippen molar-refractivity contribution in [3.8, 4) is 11.4 Å². The second kappa shape index (κ2) is 6.67. The lowest BCUT2D eigenvalue weighted by molar-refractivity contribution is 0.0953. The summed E-state index contributed by atoms with van der Waals surface area (Å²) in [5, 5.41) is 8.05. The third kappa shape index (κ3) is 2.96. The van der Waals surface area contributed by atoms with Crippen LogP contribution in [0.4, 0.5) is 11.5 Å². The Morgan fingerprint density at radius 1 is 1.12 bits per heavy atom. The van der Waals surface area contributed by atoms with E-state index in [9.17, 15) is 4.79 Å². The molecule has 0 spiro atoms. The summed E-state index contributed by atoms with van der Waals surface area (Å²) in [6.07, 6.45) is 1.39. The van der Waals surface area contributed by atoms with Crippen molar-refractivity contribution in [3.05, 3.63) is 65.9 Å². The molecule has 0 radical (unpaired) electrons. The van der Waals surface area contributed by atoms with Crippen molar-refractivity contribution < 1.29 is 9.53 Å². The van der Waals surface area contributed by atoms with E-state index in [1.165, 1.54) is 0 Å². The van der Waals surface area contributed by atoms with Crippen molar-refractivity contribution in [2.24, 2.45) is 5.92 Å². The number of Topliss-reactive ketones (excluding diaryl/α,β-unsaturated/α-hetero) is 1. The van der Waals surface area contributed by atoms with Gasteiger partial charge in [0.05, 0.1) is 24.1 Å². The maximum atomic E-state index is 12.8. The van der Waals surface area contributed by atoms with Crippen LogP contribution >= 0.6 is 0 Å². The van der Waals surface area contributed by atoms with Gasteiger partial charge in [0.15, 0.2) is 11.6 Å². The highest BCUT2D eigenvalue weighted by molar-refractivity contribution is 6.03. The summed E-state index contributed by atoms with van der Waals surface area (Å²) in [6, 6.07) is 17.6. The molecule has 0 amide bonds. The molecule has 3 aromatic rings. The fourth-order valence-electron chi connectivity index (χ4n) is 3.46. The molecule has 4 rings (SSSR count). The Balaban J connectivity index is 1.81. The zero-order valence-corrected chi connectivity index (χ0v) is 14.9. The number of nitrogens with one attached hydrogen (secondary N) is 1. The Morgan fingerprint density at radius 3 is 2.69 bits per heavy atom. The van der Waals surface area contributed by atoms with Gasteiger partial charge in [-0.2, -0.15) is 0 Å². The number of fused-ring (bicyclic) bond motifs is 1. The number of anilines is 2. The topological polar surface area (TPSA) is 56.1 Å². The number of nitrogens with zero attached hydrogens (tertiary/aromatic N) is 2. The lowest BCUT2D eigenvalue weighted by Crippen LogP contribution is -2.19. The maximum Gasteiger partial charge on any atom is 0.168 e. The average Bonchev–Trinajstić information content (AvgIpc) is 3.01. The van der Waals surface area contributed by atoms with Gasteiger partial charge >= 0.3 is 0 Å². The van der Waals surface area contributed by atoms with E-state index in [0.717, 1.165) is 29.2 Å². The van der Waals surface area contributed by atoms with Crippen molar-refractivity contribution in [3.63, 3.8) is 0 Å². The van der Waals surface area contributed by atoms with Crippen LogP contribution in [-0.4, -0.2) is 22.7 Å². The molecular formula is C21H21N3O2. The second-order valence-corrected chi connectivity index (χ2v) is 6.71. The Hall–Kier alpha value is -3.08. The smallest absolute Gasteiger partial charge is 0.168 e. The van der Waals surface area contributed by atoms with Crippen LogP contribution in [0, 0.1) is 5.92 Å². The predicted molar refractivity (Wildman–Crippen MR) is 102 cm³/mol. The van der Waals surface area contributed by atoms with Crippen molar-refractivity contribution in [1.82, 2.24) is 9.78 Å². The van der Waals surface area contributed by atoms with E-state index >= 15 is 0 Å². The number of methoxy groups -OCH3 is 1. The molecule has 1 aromatic heterocycles. The summed E-state index contributed by atoms with van der Waals surface area (Å²) >= 11 is 0. The number of rotatable bonds is 4. The number of ketones is 1. The van der Waals surface area contributed by atoms with Crippen molar-refractivity contribution >= 4 is 17.3 Å². The first-order chi connectivity index (χ1) is 12.7. The summed E-state index contributed by atoms with van der Waals surface area (Å²) in [4.78, 5) is 12.8. The van der Waals surface area contributed by atoms with Gasteiger partial charge in [0.1, 0.15) is 5.75 Å². The van der Waals surface area contributed by atoms with Gasteiger partial charge in [0.25, 0.3) is 0 Å². The highest BCUT2D eigenvalue weighted by atomic mass is 16.5. The van der Waals surface area contributed by atoms with Crippen LogP contribution in [0.3, 0.4) is 0 Å². The number of hydrogen-bond acceptors (Lipinski definition) is 4. The molecule has 0 saturated carbocycles. The van der Waals surface area contributed by atoms with Crippen LogP contribution in [0.2, 0.25) is 0 Å². The van der Waals surface area contributed by atoms with E-state index < -0.39 is 0 Å². The largest absolute Gasteiger partial charge is 0.497 e. The molecule has 1 heterocycles. The fourth-order valence-corrected chi connectivity index (χ4v) is 3.46.